The molecule has 1 aromatic rings. The molecule has 1 aromatic heterocycles. The monoisotopic (exact) mass is 265 g/mol. The van der Waals surface area contributed by atoms with Crippen LogP contribution in [0.25, 0.3) is 0 Å². The van der Waals surface area contributed by atoms with Crippen molar-refractivity contribution in [2.75, 3.05) is 18.8 Å². The van der Waals surface area contributed by atoms with Gasteiger partial charge in [-0.05, 0) is 26.3 Å². The Morgan fingerprint density at radius 1 is 1.42 bits per heavy atom. The van der Waals surface area contributed by atoms with E-state index in [9.17, 15) is 4.79 Å². The summed E-state index contributed by atoms with van der Waals surface area (Å²) in [6.45, 7) is 8.17. The average molecular weight is 265 g/mol. The second-order valence-electron chi connectivity index (χ2n) is 5.32. The highest BCUT2D eigenvalue weighted by atomic mass is 16.5. The summed E-state index contributed by atoms with van der Waals surface area (Å²) in [4.78, 5) is 14.5. The first-order valence-corrected chi connectivity index (χ1v) is 6.91. The van der Waals surface area contributed by atoms with E-state index in [2.05, 4.69) is 6.92 Å². The lowest BCUT2D eigenvalue weighted by atomic mass is 10.2. The van der Waals surface area contributed by atoms with Gasteiger partial charge >= 0.3 is 0 Å². The van der Waals surface area contributed by atoms with E-state index in [0.29, 0.717) is 24.5 Å². The van der Waals surface area contributed by atoms with Crippen LogP contribution >= 0.6 is 0 Å². The maximum Gasteiger partial charge on any atom is 0.270 e. The Labute approximate surface area is 114 Å². The van der Waals surface area contributed by atoms with Crippen LogP contribution in [0, 0.1) is 0 Å². The SMILES string of the molecule is CCCn1cc(N)cc1C(=O)N1C[C@@H](C)O[C@@H](C)C1. The number of anilines is 1. The maximum atomic E-state index is 12.6. The van der Waals surface area contributed by atoms with Gasteiger partial charge in [-0.2, -0.15) is 0 Å². The van der Waals surface area contributed by atoms with E-state index in [-0.39, 0.29) is 18.1 Å². The minimum absolute atomic E-state index is 0.0483. The highest BCUT2D eigenvalue weighted by Gasteiger charge is 2.28. The summed E-state index contributed by atoms with van der Waals surface area (Å²) in [6, 6.07) is 1.77. The summed E-state index contributed by atoms with van der Waals surface area (Å²) in [5, 5.41) is 0. The van der Waals surface area contributed by atoms with Crippen molar-refractivity contribution in [2.24, 2.45) is 0 Å². The van der Waals surface area contributed by atoms with Crippen LogP contribution in [0.1, 0.15) is 37.7 Å². The zero-order valence-corrected chi connectivity index (χ0v) is 11.9. The van der Waals surface area contributed by atoms with Crippen molar-refractivity contribution in [1.82, 2.24) is 9.47 Å². The van der Waals surface area contributed by atoms with Crippen LogP contribution in [0.3, 0.4) is 0 Å². The van der Waals surface area contributed by atoms with Gasteiger partial charge in [-0.1, -0.05) is 6.92 Å². The zero-order chi connectivity index (χ0) is 14.0. The van der Waals surface area contributed by atoms with Gasteiger partial charge in [-0.3, -0.25) is 4.79 Å². The molecule has 0 aromatic carbocycles. The molecular formula is C14H23N3O2. The predicted octanol–water partition coefficient (Wildman–Crippen LogP) is 1.73. The first kappa shape index (κ1) is 13.9. The van der Waals surface area contributed by atoms with Crippen molar-refractivity contribution in [1.29, 1.82) is 0 Å². The van der Waals surface area contributed by atoms with Crippen molar-refractivity contribution in [3.05, 3.63) is 18.0 Å². The highest BCUT2D eigenvalue weighted by Crippen LogP contribution is 2.17. The number of hydrogen-bond donors (Lipinski definition) is 1. The van der Waals surface area contributed by atoms with Gasteiger partial charge < -0.3 is 19.9 Å². The van der Waals surface area contributed by atoms with Gasteiger partial charge in [-0.15, -0.1) is 0 Å². The van der Waals surface area contributed by atoms with Crippen molar-refractivity contribution < 1.29 is 9.53 Å². The predicted molar refractivity (Wildman–Crippen MR) is 75.0 cm³/mol. The molecule has 106 valence electrons. The lowest BCUT2D eigenvalue weighted by molar-refractivity contribution is -0.0588. The van der Waals surface area contributed by atoms with Gasteiger partial charge in [0.25, 0.3) is 5.91 Å². The third kappa shape index (κ3) is 3.10. The topological polar surface area (TPSA) is 60.5 Å². The summed E-state index contributed by atoms with van der Waals surface area (Å²) in [7, 11) is 0. The number of rotatable bonds is 3. The number of aryl methyl sites for hydroxylation is 1. The van der Waals surface area contributed by atoms with Crippen molar-refractivity contribution >= 4 is 11.6 Å². The van der Waals surface area contributed by atoms with E-state index in [4.69, 9.17) is 10.5 Å². The van der Waals surface area contributed by atoms with E-state index < -0.39 is 0 Å². The highest BCUT2D eigenvalue weighted by molar-refractivity contribution is 5.94. The molecule has 0 aliphatic carbocycles. The Morgan fingerprint density at radius 3 is 2.63 bits per heavy atom. The maximum absolute atomic E-state index is 12.6. The number of carbonyl (C=O) groups is 1. The Balaban J connectivity index is 2.18. The molecule has 2 rings (SSSR count). The van der Waals surface area contributed by atoms with E-state index in [1.165, 1.54) is 0 Å². The van der Waals surface area contributed by atoms with Gasteiger partial charge in [0.05, 0.1) is 17.9 Å². The van der Waals surface area contributed by atoms with Gasteiger partial charge in [0.2, 0.25) is 0 Å². The first-order chi connectivity index (χ1) is 9.01. The number of morpholine rings is 1. The fourth-order valence-corrected chi connectivity index (χ4v) is 2.64. The molecule has 1 saturated heterocycles. The molecule has 2 heterocycles. The lowest BCUT2D eigenvalue weighted by Gasteiger charge is -2.35. The Bertz CT molecular complexity index is 446. The van der Waals surface area contributed by atoms with Gasteiger partial charge in [-0.25, -0.2) is 0 Å². The molecule has 1 fully saturated rings. The Hall–Kier alpha value is -1.49. The molecule has 5 heteroatoms. The molecule has 1 aliphatic heterocycles. The number of hydrogen-bond acceptors (Lipinski definition) is 3. The molecule has 19 heavy (non-hydrogen) atoms. The van der Waals surface area contributed by atoms with E-state index >= 15 is 0 Å². The summed E-state index contributed by atoms with van der Waals surface area (Å²) in [5.41, 5.74) is 7.14. The van der Waals surface area contributed by atoms with Crippen LogP contribution in [-0.2, 0) is 11.3 Å². The van der Waals surface area contributed by atoms with Crippen LogP contribution < -0.4 is 5.73 Å². The first-order valence-electron chi connectivity index (χ1n) is 6.91. The van der Waals surface area contributed by atoms with Crippen molar-refractivity contribution in [2.45, 2.75) is 45.9 Å². The number of nitrogens with two attached hydrogens (primary N) is 1. The molecule has 0 radical (unpaired) electrons. The summed E-state index contributed by atoms with van der Waals surface area (Å²) in [6.07, 6.45) is 2.98. The summed E-state index contributed by atoms with van der Waals surface area (Å²) >= 11 is 0. The second kappa shape index (κ2) is 5.65. The van der Waals surface area contributed by atoms with Crippen LogP contribution in [0.4, 0.5) is 5.69 Å². The molecule has 2 atom stereocenters. The normalized spacial score (nSPS) is 23.6. The van der Waals surface area contributed by atoms with E-state index in [0.717, 1.165) is 13.0 Å². The van der Waals surface area contributed by atoms with Crippen molar-refractivity contribution in [3.8, 4) is 0 Å². The molecule has 1 aliphatic rings. The van der Waals surface area contributed by atoms with Gasteiger partial charge in [0.15, 0.2) is 0 Å². The lowest BCUT2D eigenvalue weighted by Crippen LogP contribution is -2.48. The van der Waals surface area contributed by atoms with Crippen LogP contribution in [0.15, 0.2) is 12.3 Å². The molecule has 0 saturated carbocycles. The standard InChI is InChI=1S/C14H23N3O2/c1-4-5-16-9-12(15)6-13(16)14(18)17-7-10(2)19-11(3)8-17/h6,9-11H,4-5,7-8,15H2,1-3H3/t10-,11+. The summed E-state index contributed by atoms with van der Waals surface area (Å²) in [5.74, 6) is 0.0483. The van der Waals surface area contributed by atoms with Crippen LogP contribution in [0.2, 0.25) is 0 Å². The molecule has 2 N–H and O–H groups in total. The van der Waals surface area contributed by atoms with E-state index in [1.54, 1.807) is 6.07 Å². The van der Waals surface area contributed by atoms with Gasteiger partial charge in [0, 0.05) is 25.8 Å². The van der Waals surface area contributed by atoms with Crippen LogP contribution in [-0.4, -0.2) is 40.7 Å². The Morgan fingerprint density at radius 2 is 2.05 bits per heavy atom. The minimum atomic E-state index is 0.0483. The molecule has 5 nitrogen and oxygen atoms in total. The van der Waals surface area contributed by atoms with Gasteiger partial charge in [0.1, 0.15) is 5.69 Å². The fraction of sp³-hybridized carbons (Fsp3) is 0.643. The number of aromatic nitrogens is 1. The zero-order valence-electron chi connectivity index (χ0n) is 11.9. The number of ether oxygens (including phenoxy) is 1. The average Bonchev–Trinajstić information content (AvgIpc) is 2.68. The number of carbonyl (C=O) groups excluding carboxylic acids is 1. The smallest absolute Gasteiger partial charge is 0.270 e. The third-order valence-electron chi connectivity index (χ3n) is 3.31. The number of nitrogen functional groups attached to an aromatic ring is 1. The quantitative estimate of drug-likeness (QED) is 0.905. The minimum Gasteiger partial charge on any atom is -0.397 e. The molecule has 0 spiro atoms. The largest absolute Gasteiger partial charge is 0.397 e. The number of nitrogens with zero attached hydrogens (tertiary/aromatic N) is 2. The fourth-order valence-electron chi connectivity index (χ4n) is 2.64. The molecule has 0 bridgehead atoms. The number of amides is 1. The van der Waals surface area contributed by atoms with Crippen molar-refractivity contribution in [3.63, 3.8) is 0 Å². The molecule has 0 unspecified atom stereocenters. The van der Waals surface area contributed by atoms with Crippen LogP contribution in [0.5, 0.6) is 0 Å². The summed E-state index contributed by atoms with van der Waals surface area (Å²) < 4.78 is 7.61. The second-order valence-corrected chi connectivity index (χ2v) is 5.32. The third-order valence-corrected chi connectivity index (χ3v) is 3.31. The Kier molecular flexibility index (Phi) is 4.14. The molecular weight excluding hydrogens is 242 g/mol. The van der Waals surface area contributed by atoms with E-state index in [1.807, 2.05) is 29.5 Å². The molecule has 1 amide bonds.